The summed E-state index contributed by atoms with van der Waals surface area (Å²) in [7, 11) is 0. The molecule has 0 N–H and O–H groups in total. The molecule has 2 aromatic rings. The van der Waals surface area contributed by atoms with Crippen molar-refractivity contribution in [3.8, 4) is 0 Å². The van der Waals surface area contributed by atoms with Crippen LogP contribution in [0, 0.1) is 6.92 Å². The van der Waals surface area contributed by atoms with Gasteiger partial charge in [0.15, 0.2) is 0 Å². The molecule has 2 rings (SSSR count). The molecule has 46 valence electrons. The van der Waals surface area contributed by atoms with Crippen molar-refractivity contribution < 1.29 is 4.52 Å². The maximum Gasteiger partial charge on any atom is 0.133 e. The first-order valence-corrected chi connectivity index (χ1v) is 2.74. The summed E-state index contributed by atoms with van der Waals surface area (Å²) in [4.78, 5) is 3.89. The predicted octanol–water partition coefficient (Wildman–Crippen LogP) is 1.24. The Morgan fingerprint density at radius 1 is 1.67 bits per heavy atom. The van der Waals surface area contributed by atoms with Crippen LogP contribution in [-0.4, -0.2) is 9.56 Å². The molecule has 0 spiro atoms. The minimum atomic E-state index is 1.04. The van der Waals surface area contributed by atoms with Crippen molar-refractivity contribution >= 4 is 5.52 Å². The van der Waals surface area contributed by atoms with E-state index in [0.717, 1.165) is 11.1 Å². The third-order valence-corrected chi connectivity index (χ3v) is 1.35. The van der Waals surface area contributed by atoms with Crippen molar-refractivity contribution in [1.82, 2.24) is 9.56 Å². The van der Waals surface area contributed by atoms with Crippen LogP contribution >= 0.6 is 0 Å². The first kappa shape index (κ1) is 4.61. The van der Waals surface area contributed by atoms with Gasteiger partial charge >= 0.3 is 0 Å². The normalized spacial score (nSPS) is 10.8. The molecule has 3 heteroatoms. The Hall–Kier alpha value is -1.25. The van der Waals surface area contributed by atoms with E-state index in [9.17, 15) is 0 Å². The second-order valence-electron chi connectivity index (χ2n) is 2.01. The summed E-state index contributed by atoms with van der Waals surface area (Å²) in [6.07, 6.45) is 5.12. The highest BCUT2D eigenvalue weighted by atomic mass is 16.5. The van der Waals surface area contributed by atoms with E-state index in [1.54, 1.807) is 23.4 Å². The van der Waals surface area contributed by atoms with Crippen LogP contribution in [0.4, 0.5) is 0 Å². The summed E-state index contributed by atoms with van der Waals surface area (Å²) in [5.74, 6) is 0. The predicted molar refractivity (Wildman–Crippen MR) is 32.2 cm³/mol. The molecular weight excluding hydrogens is 116 g/mol. The average molecular weight is 122 g/mol. The molecule has 0 atom stereocenters. The van der Waals surface area contributed by atoms with Gasteiger partial charge in [-0.2, -0.15) is 4.57 Å². The van der Waals surface area contributed by atoms with Crippen LogP contribution in [0.25, 0.3) is 5.52 Å². The van der Waals surface area contributed by atoms with Crippen LogP contribution in [0.15, 0.2) is 23.3 Å². The largest absolute Gasteiger partial charge is 0.381 e. The third kappa shape index (κ3) is 0.483. The topological polar surface area (TPSA) is 30.4 Å². The number of nitrogens with zero attached hydrogens (tertiary/aromatic N) is 2. The van der Waals surface area contributed by atoms with Gasteiger partial charge in [-0.05, 0) is 6.92 Å². The molecule has 9 heavy (non-hydrogen) atoms. The van der Waals surface area contributed by atoms with Crippen molar-refractivity contribution in [2.45, 2.75) is 6.92 Å². The number of aromatic nitrogens is 2. The molecule has 0 saturated heterocycles. The molecule has 2 aromatic heterocycles. The maximum absolute atomic E-state index is 5.04. The zero-order valence-corrected chi connectivity index (χ0v) is 5.03. The molecule has 3 nitrogen and oxygen atoms in total. The summed E-state index contributed by atoms with van der Waals surface area (Å²) in [6, 6.07) is 0. The maximum atomic E-state index is 5.04. The highest BCUT2D eigenvalue weighted by Gasteiger charge is 1.97. The van der Waals surface area contributed by atoms with Crippen LogP contribution in [0.2, 0.25) is 0 Å². The van der Waals surface area contributed by atoms with Crippen molar-refractivity contribution in [3.05, 3.63) is 24.4 Å². The lowest BCUT2D eigenvalue weighted by Crippen LogP contribution is -1.68. The first-order valence-electron chi connectivity index (χ1n) is 2.74. The molecule has 0 bridgehead atoms. The number of rotatable bonds is 0. The second-order valence-corrected chi connectivity index (χ2v) is 2.01. The van der Waals surface area contributed by atoms with E-state index in [4.69, 9.17) is 4.52 Å². The Bertz CT molecular complexity index is 320. The van der Waals surface area contributed by atoms with Gasteiger partial charge < -0.3 is 4.52 Å². The van der Waals surface area contributed by atoms with Gasteiger partial charge in [0, 0.05) is 5.56 Å². The first-order chi connectivity index (χ1) is 4.38. The SMILES string of the molecule is Cc1con2cncc12. The number of fused-ring (bicyclic) bond motifs is 1. The van der Waals surface area contributed by atoms with E-state index in [-0.39, 0.29) is 0 Å². The van der Waals surface area contributed by atoms with Gasteiger partial charge in [0.1, 0.15) is 18.1 Å². The summed E-state index contributed by atoms with van der Waals surface area (Å²) in [5, 5.41) is 0. The smallest absolute Gasteiger partial charge is 0.133 e. The fourth-order valence-corrected chi connectivity index (χ4v) is 0.839. The van der Waals surface area contributed by atoms with E-state index >= 15 is 0 Å². The van der Waals surface area contributed by atoms with Crippen LogP contribution in [-0.2, 0) is 0 Å². The lowest BCUT2D eigenvalue weighted by molar-refractivity contribution is 0.375. The fraction of sp³-hybridized carbons (Fsp3) is 0.167. The van der Waals surface area contributed by atoms with Crippen LogP contribution in [0.3, 0.4) is 0 Å². The van der Waals surface area contributed by atoms with Gasteiger partial charge in [-0.25, -0.2) is 4.98 Å². The van der Waals surface area contributed by atoms with E-state index in [1.807, 2.05) is 6.92 Å². The van der Waals surface area contributed by atoms with E-state index in [0.29, 0.717) is 0 Å². The van der Waals surface area contributed by atoms with E-state index in [1.165, 1.54) is 0 Å². The fourth-order valence-electron chi connectivity index (χ4n) is 0.839. The van der Waals surface area contributed by atoms with Gasteiger partial charge in [-0.15, -0.1) is 0 Å². The summed E-state index contributed by atoms with van der Waals surface area (Å²) in [6.45, 7) is 1.99. The second kappa shape index (κ2) is 1.37. The summed E-state index contributed by atoms with van der Waals surface area (Å²) < 4.78 is 6.68. The highest BCUT2D eigenvalue weighted by Crippen LogP contribution is 2.08. The summed E-state index contributed by atoms with van der Waals surface area (Å²) >= 11 is 0. The van der Waals surface area contributed by atoms with Crippen molar-refractivity contribution in [2.24, 2.45) is 0 Å². The Morgan fingerprint density at radius 3 is 3.33 bits per heavy atom. The van der Waals surface area contributed by atoms with Crippen LogP contribution in [0.1, 0.15) is 5.56 Å². The Morgan fingerprint density at radius 2 is 2.56 bits per heavy atom. The molecule has 0 radical (unpaired) electrons. The van der Waals surface area contributed by atoms with Crippen LogP contribution in [0.5, 0.6) is 0 Å². The van der Waals surface area contributed by atoms with Gasteiger partial charge in [0.25, 0.3) is 0 Å². The average Bonchev–Trinajstić information content (AvgIpc) is 2.35. The molecule has 0 fully saturated rings. The molecule has 0 amide bonds. The molecule has 0 aliphatic heterocycles. The number of aryl methyl sites for hydroxylation is 1. The number of imidazole rings is 1. The van der Waals surface area contributed by atoms with Crippen molar-refractivity contribution in [1.29, 1.82) is 0 Å². The molecule has 2 heterocycles. The minimum absolute atomic E-state index is 1.04. The Kier molecular flexibility index (Phi) is 0.704. The standard InChI is InChI=1S/C6H6N2O/c1-5-3-9-8-4-7-2-6(5)8/h2-4H,1H3. The highest BCUT2D eigenvalue weighted by molar-refractivity contribution is 5.49. The zero-order valence-electron chi connectivity index (χ0n) is 5.03. The van der Waals surface area contributed by atoms with Gasteiger partial charge in [-0.1, -0.05) is 0 Å². The molecular formula is C6H6N2O. The third-order valence-electron chi connectivity index (χ3n) is 1.35. The number of hydrogen-bond donors (Lipinski definition) is 0. The van der Waals surface area contributed by atoms with Crippen molar-refractivity contribution in [2.75, 3.05) is 0 Å². The quantitative estimate of drug-likeness (QED) is 0.526. The lowest BCUT2D eigenvalue weighted by Gasteiger charge is -1.74. The molecule has 0 saturated carbocycles. The Labute approximate surface area is 51.9 Å². The minimum Gasteiger partial charge on any atom is -0.381 e. The Balaban J connectivity index is 2.99. The monoisotopic (exact) mass is 122 g/mol. The summed E-state index contributed by atoms with van der Waals surface area (Å²) in [5.41, 5.74) is 2.16. The van der Waals surface area contributed by atoms with E-state index < -0.39 is 0 Å². The van der Waals surface area contributed by atoms with Crippen molar-refractivity contribution in [3.63, 3.8) is 0 Å². The zero-order chi connectivity index (χ0) is 6.27. The molecule has 0 unspecified atom stereocenters. The van der Waals surface area contributed by atoms with Crippen LogP contribution < -0.4 is 0 Å². The lowest BCUT2D eigenvalue weighted by atomic mass is 10.3. The molecule has 0 aromatic carbocycles. The number of hydrogen-bond acceptors (Lipinski definition) is 2. The molecule has 0 aliphatic carbocycles. The van der Waals surface area contributed by atoms with Gasteiger partial charge in [-0.3, -0.25) is 0 Å². The van der Waals surface area contributed by atoms with Gasteiger partial charge in [0.05, 0.1) is 6.20 Å². The molecule has 0 aliphatic rings. The van der Waals surface area contributed by atoms with E-state index in [2.05, 4.69) is 4.98 Å². The van der Waals surface area contributed by atoms with Gasteiger partial charge in [0.2, 0.25) is 0 Å².